The molecule has 2 amide bonds. The quantitative estimate of drug-likeness (QED) is 0.412. The lowest BCUT2D eigenvalue weighted by Gasteiger charge is -2.01. The van der Waals surface area contributed by atoms with Gasteiger partial charge in [0, 0.05) is 5.56 Å². The van der Waals surface area contributed by atoms with Crippen molar-refractivity contribution in [3.8, 4) is 5.75 Å². The Morgan fingerprint density at radius 1 is 1.60 bits per heavy atom. The first-order valence-electron chi connectivity index (χ1n) is 4.14. The Hall–Kier alpha value is -2.08. The zero-order valence-corrected chi connectivity index (χ0v) is 7.84. The zero-order valence-electron chi connectivity index (χ0n) is 7.84. The number of nitrogens with one attached hydrogen (secondary N) is 1. The first kappa shape index (κ1) is 11.0. The summed E-state index contributed by atoms with van der Waals surface area (Å²) in [7, 11) is 0. The van der Waals surface area contributed by atoms with E-state index in [1.165, 1.54) is 12.3 Å². The predicted octanol–water partition coefficient (Wildman–Crippen LogP) is -0.113. The Morgan fingerprint density at radius 3 is 2.93 bits per heavy atom. The molecule has 1 aromatic rings. The molecule has 0 atom stereocenters. The summed E-state index contributed by atoms with van der Waals surface area (Å²) in [6.45, 7) is -0.135. The van der Waals surface area contributed by atoms with Crippen molar-refractivity contribution in [1.82, 2.24) is 5.43 Å². The molecule has 0 heterocycles. The number of carbonyl (C=O) groups is 1. The predicted molar refractivity (Wildman–Crippen MR) is 54.3 cm³/mol. The number of phenolic OH excluding ortho intramolecular Hbond substituents is 1. The third kappa shape index (κ3) is 3.28. The standard InChI is InChI=1S/C9H11N3O3/c10-9(15)12-11-4-7-3-6(5-13)1-2-8(7)14/h1-4,13-14H,5H2,(H3,10,12,15). The first-order chi connectivity index (χ1) is 7.13. The van der Waals surface area contributed by atoms with Crippen molar-refractivity contribution in [3.63, 3.8) is 0 Å². The number of hydrogen-bond donors (Lipinski definition) is 4. The fourth-order valence-corrected chi connectivity index (χ4v) is 0.971. The number of aliphatic hydroxyl groups excluding tert-OH is 1. The molecule has 0 aliphatic carbocycles. The van der Waals surface area contributed by atoms with Crippen LogP contribution in [0.4, 0.5) is 4.79 Å². The van der Waals surface area contributed by atoms with Crippen LogP contribution in [-0.2, 0) is 6.61 Å². The highest BCUT2D eigenvalue weighted by Crippen LogP contribution is 2.16. The summed E-state index contributed by atoms with van der Waals surface area (Å²) < 4.78 is 0. The average Bonchev–Trinajstić information content (AvgIpc) is 2.20. The molecule has 6 nitrogen and oxygen atoms in total. The summed E-state index contributed by atoms with van der Waals surface area (Å²) in [5.74, 6) is 0.00206. The summed E-state index contributed by atoms with van der Waals surface area (Å²) in [6.07, 6.45) is 1.24. The average molecular weight is 209 g/mol. The number of aliphatic hydroxyl groups is 1. The molecule has 1 aromatic carbocycles. The molecule has 0 saturated heterocycles. The van der Waals surface area contributed by atoms with Crippen molar-refractivity contribution in [2.24, 2.45) is 10.8 Å². The maximum absolute atomic E-state index is 10.3. The molecule has 1 rings (SSSR count). The highest BCUT2D eigenvalue weighted by molar-refractivity contribution is 5.84. The van der Waals surface area contributed by atoms with Crippen LogP contribution in [0.1, 0.15) is 11.1 Å². The van der Waals surface area contributed by atoms with Crippen molar-refractivity contribution < 1.29 is 15.0 Å². The van der Waals surface area contributed by atoms with Crippen LogP contribution >= 0.6 is 0 Å². The van der Waals surface area contributed by atoms with Gasteiger partial charge in [-0.1, -0.05) is 6.07 Å². The van der Waals surface area contributed by atoms with E-state index in [9.17, 15) is 9.90 Å². The number of carbonyl (C=O) groups excluding carboxylic acids is 1. The van der Waals surface area contributed by atoms with Gasteiger partial charge in [0.15, 0.2) is 0 Å². The molecular weight excluding hydrogens is 198 g/mol. The van der Waals surface area contributed by atoms with Gasteiger partial charge in [0.2, 0.25) is 0 Å². The summed E-state index contributed by atoms with van der Waals surface area (Å²) in [6, 6.07) is 3.76. The van der Waals surface area contributed by atoms with Crippen molar-refractivity contribution in [2.75, 3.05) is 0 Å². The topological polar surface area (TPSA) is 108 Å². The molecule has 0 aliphatic rings. The fraction of sp³-hybridized carbons (Fsp3) is 0.111. The third-order valence-electron chi connectivity index (χ3n) is 1.65. The maximum atomic E-state index is 10.3. The third-order valence-corrected chi connectivity index (χ3v) is 1.65. The highest BCUT2D eigenvalue weighted by Gasteiger charge is 1.99. The number of hydrazone groups is 1. The molecule has 5 N–H and O–H groups in total. The molecular formula is C9H11N3O3. The lowest BCUT2D eigenvalue weighted by atomic mass is 10.1. The molecule has 0 bridgehead atoms. The Morgan fingerprint density at radius 2 is 2.33 bits per heavy atom. The Balaban J connectivity index is 2.83. The van der Waals surface area contributed by atoms with E-state index in [2.05, 4.69) is 5.10 Å². The minimum Gasteiger partial charge on any atom is -0.507 e. The lowest BCUT2D eigenvalue weighted by Crippen LogP contribution is -2.24. The van der Waals surface area contributed by atoms with Crippen LogP contribution in [0, 0.1) is 0 Å². The number of amides is 2. The normalized spacial score (nSPS) is 10.5. The summed E-state index contributed by atoms with van der Waals surface area (Å²) in [5, 5.41) is 21.7. The van der Waals surface area contributed by atoms with Crippen molar-refractivity contribution in [1.29, 1.82) is 0 Å². The second-order valence-corrected chi connectivity index (χ2v) is 2.79. The molecule has 0 unspecified atom stereocenters. The summed E-state index contributed by atoms with van der Waals surface area (Å²) in [5.41, 5.74) is 7.80. The van der Waals surface area contributed by atoms with Crippen molar-refractivity contribution in [2.45, 2.75) is 6.61 Å². The van der Waals surface area contributed by atoms with Crippen LogP contribution in [0.5, 0.6) is 5.75 Å². The minimum absolute atomic E-state index is 0.00206. The Bertz CT molecular complexity index is 390. The summed E-state index contributed by atoms with van der Waals surface area (Å²) >= 11 is 0. The van der Waals surface area contributed by atoms with Gasteiger partial charge in [-0.25, -0.2) is 10.2 Å². The van der Waals surface area contributed by atoms with E-state index in [0.717, 1.165) is 0 Å². The van der Waals surface area contributed by atoms with E-state index in [1.54, 1.807) is 12.1 Å². The molecule has 15 heavy (non-hydrogen) atoms. The van der Waals surface area contributed by atoms with Gasteiger partial charge in [0.1, 0.15) is 5.75 Å². The second kappa shape index (κ2) is 4.97. The van der Waals surface area contributed by atoms with Gasteiger partial charge in [-0.2, -0.15) is 5.10 Å². The van der Waals surface area contributed by atoms with Crippen molar-refractivity contribution >= 4 is 12.2 Å². The van der Waals surface area contributed by atoms with Gasteiger partial charge in [-0.05, 0) is 17.7 Å². The van der Waals surface area contributed by atoms with Crippen LogP contribution in [0.3, 0.4) is 0 Å². The Kier molecular flexibility index (Phi) is 3.64. The van der Waals surface area contributed by atoms with E-state index < -0.39 is 6.03 Å². The minimum atomic E-state index is -0.788. The van der Waals surface area contributed by atoms with Crippen LogP contribution in [0.2, 0.25) is 0 Å². The number of hydrogen-bond acceptors (Lipinski definition) is 4. The number of nitrogens with zero attached hydrogens (tertiary/aromatic N) is 1. The molecule has 0 saturated carbocycles. The molecule has 80 valence electrons. The fourth-order valence-electron chi connectivity index (χ4n) is 0.971. The van der Waals surface area contributed by atoms with E-state index in [4.69, 9.17) is 10.8 Å². The molecule has 0 radical (unpaired) electrons. The number of urea groups is 1. The van der Waals surface area contributed by atoms with E-state index in [0.29, 0.717) is 11.1 Å². The molecule has 0 aromatic heterocycles. The highest BCUT2D eigenvalue weighted by atomic mass is 16.3. The van der Waals surface area contributed by atoms with Crippen LogP contribution < -0.4 is 11.2 Å². The van der Waals surface area contributed by atoms with E-state index >= 15 is 0 Å². The van der Waals surface area contributed by atoms with E-state index in [-0.39, 0.29) is 12.4 Å². The van der Waals surface area contributed by atoms with Gasteiger partial charge in [0.05, 0.1) is 12.8 Å². The summed E-state index contributed by atoms with van der Waals surface area (Å²) in [4.78, 5) is 10.3. The monoisotopic (exact) mass is 209 g/mol. The molecule has 0 fully saturated rings. The molecule has 0 aliphatic heterocycles. The van der Waals surface area contributed by atoms with E-state index in [1.807, 2.05) is 5.43 Å². The van der Waals surface area contributed by atoms with Crippen LogP contribution in [0.25, 0.3) is 0 Å². The smallest absolute Gasteiger partial charge is 0.332 e. The maximum Gasteiger partial charge on any atom is 0.332 e. The van der Waals surface area contributed by atoms with Gasteiger partial charge >= 0.3 is 6.03 Å². The number of nitrogens with two attached hydrogens (primary N) is 1. The van der Waals surface area contributed by atoms with Crippen LogP contribution in [-0.4, -0.2) is 22.5 Å². The van der Waals surface area contributed by atoms with Crippen LogP contribution in [0.15, 0.2) is 23.3 Å². The zero-order chi connectivity index (χ0) is 11.3. The lowest BCUT2D eigenvalue weighted by molar-refractivity contribution is 0.249. The van der Waals surface area contributed by atoms with Gasteiger partial charge < -0.3 is 15.9 Å². The number of rotatable bonds is 3. The molecule has 6 heteroatoms. The first-order valence-corrected chi connectivity index (χ1v) is 4.14. The van der Waals surface area contributed by atoms with Gasteiger partial charge in [0.25, 0.3) is 0 Å². The Labute approximate surface area is 86.0 Å². The SMILES string of the molecule is NC(=O)NN=Cc1cc(CO)ccc1O. The molecule has 0 spiro atoms. The largest absolute Gasteiger partial charge is 0.507 e. The van der Waals surface area contributed by atoms with Gasteiger partial charge in [-0.3, -0.25) is 0 Å². The van der Waals surface area contributed by atoms with Gasteiger partial charge in [-0.15, -0.1) is 0 Å². The second-order valence-electron chi connectivity index (χ2n) is 2.79. The number of benzene rings is 1. The number of primary amides is 1. The van der Waals surface area contributed by atoms with Crippen molar-refractivity contribution in [3.05, 3.63) is 29.3 Å². The number of phenols is 1. The number of aromatic hydroxyl groups is 1.